The molecule has 0 aliphatic rings. The third-order valence-corrected chi connectivity index (χ3v) is 2.77. The summed E-state index contributed by atoms with van der Waals surface area (Å²) in [7, 11) is 0. The molecule has 2 aromatic rings. The minimum absolute atomic E-state index is 0.0558. The van der Waals surface area contributed by atoms with Gasteiger partial charge in [-0.1, -0.05) is 23.8 Å². The molecule has 1 heterocycles. The van der Waals surface area contributed by atoms with Gasteiger partial charge in [-0.2, -0.15) is 0 Å². The van der Waals surface area contributed by atoms with E-state index in [1.165, 1.54) is 0 Å². The maximum absolute atomic E-state index is 11.6. The Bertz CT molecular complexity index is 625. The third kappa shape index (κ3) is 2.51. The predicted molar refractivity (Wildman–Crippen MR) is 67.5 cm³/mol. The standard InChI is InChI=1S/C13H14N2O3/c1-8-3-2-4-9(7-8)12-10(5-6-11(16)17)13(18)15-14-12/h2-4,7H,5-6H2,1H3,(H,16,17)(H2,14,15,18). The Morgan fingerprint density at radius 1 is 1.33 bits per heavy atom. The molecule has 5 nitrogen and oxygen atoms in total. The van der Waals surface area contributed by atoms with E-state index in [0.29, 0.717) is 11.3 Å². The summed E-state index contributed by atoms with van der Waals surface area (Å²) < 4.78 is 0. The molecule has 5 heteroatoms. The maximum atomic E-state index is 11.6. The van der Waals surface area contributed by atoms with Crippen molar-refractivity contribution in [3.63, 3.8) is 0 Å². The van der Waals surface area contributed by atoms with E-state index in [1.54, 1.807) is 0 Å². The summed E-state index contributed by atoms with van der Waals surface area (Å²) in [5.74, 6) is -0.911. The van der Waals surface area contributed by atoms with Crippen LogP contribution in [0.3, 0.4) is 0 Å². The summed E-state index contributed by atoms with van der Waals surface area (Å²) >= 11 is 0. The number of benzene rings is 1. The van der Waals surface area contributed by atoms with Gasteiger partial charge in [0.15, 0.2) is 0 Å². The first-order chi connectivity index (χ1) is 8.58. The topological polar surface area (TPSA) is 86.0 Å². The summed E-state index contributed by atoms with van der Waals surface area (Å²) in [6.07, 6.45) is 0.164. The molecular weight excluding hydrogens is 232 g/mol. The van der Waals surface area contributed by atoms with Crippen LogP contribution in [0.25, 0.3) is 11.3 Å². The van der Waals surface area contributed by atoms with Crippen LogP contribution in [0.4, 0.5) is 0 Å². The molecule has 0 radical (unpaired) electrons. The highest BCUT2D eigenvalue weighted by atomic mass is 16.4. The van der Waals surface area contributed by atoms with Gasteiger partial charge in [0.25, 0.3) is 5.56 Å². The number of aryl methyl sites for hydroxylation is 1. The van der Waals surface area contributed by atoms with Gasteiger partial charge in [-0.3, -0.25) is 19.8 Å². The zero-order chi connectivity index (χ0) is 13.1. The fourth-order valence-electron chi connectivity index (χ4n) is 1.90. The number of carbonyl (C=O) groups is 1. The zero-order valence-corrected chi connectivity index (χ0v) is 9.99. The summed E-state index contributed by atoms with van der Waals surface area (Å²) in [4.78, 5) is 22.2. The van der Waals surface area contributed by atoms with Crippen molar-refractivity contribution < 1.29 is 9.90 Å². The number of carboxylic acid groups (broad SMARTS) is 1. The number of nitrogens with one attached hydrogen (secondary N) is 2. The molecule has 1 aromatic heterocycles. The van der Waals surface area contributed by atoms with Crippen molar-refractivity contribution in [3.8, 4) is 11.3 Å². The highest BCUT2D eigenvalue weighted by Gasteiger charge is 2.13. The molecule has 0 bridgehead atoms. The minimum Gasteiger partial charge on any atom is -0.481 e. The van der Waals surface area contributed by atoms with E-state index < -0.39 is 5.97 Å². The lowest BCUT2D eigenvalue weighted by atomic mass is 10.0. The summed E-state index contributed by atoms with van der Waals surface area (Å²) in [6, 6.07) is 7.70. The van der Waals surface area contributed by atoms with Crippen LogP contribution < -0.4 is 5.56 Å². The Hall–Kier alpha value is -2.30. The van der Waals surface area contributed by atoms with Crippen molar-refractivity contribution in [2.75, 3.05) is 0 Å². The summed E-state index contributed by atoms with van der Waals surface area (Å²) in [5.41, 5.74) is 2.87. The molecule has 0 atom stereocenters. The van der Waals surface area contributed by atoms with Gasteiger partial charge in [0.1, 0.15) is 0 Å². The molecular formula is C13H14N2O3. The van der Waals surface area contributed by atoms with E-state index in [2.05, 4.69) is 10.2 Å². The van der Waals surface area contributed by atoms with Crippen LogP contribution in [0, 0.1) is 6.92 Å². The molecule has 0 amide bonds. The Kier molecular flexibility index (Phi) is 3.32. The SMILES string of the molecule is Cc1cccc(-c2[nH][nH]c(=O)c2CCC(=O)O)c1. The van der Waals surface area contributed by atoms with Crippen LogP contribution in [-0.2, 0) is 11.2 Å². The Labute approximate surface area is 103 Å². The molecule has 0 saturated carbocycles. The van der Waals surface area contributed by atoms with E-state index in [1.807, 2.05) is 31.2 Å². The normalized spacial score (nSPS) is 10.5. The largest absolute Gasteiger partial charge is 0.481 e. The third-order valence-electron chi connectivity index (χ3n) is 2.77. The fourth-order valence-corrected chi connectivity index (χ4v) is 1.90. The second-order valence-electron chi connectivity index (χ2n) is 4.20. The van der Waals surface area contributed by atoms with Gasteiger partial charge >= 0.3 is 5.97 Å². The van der Waals surface area contributed by atoms with Crippen LogP contribution in [0.5, 0.6) is 0 Å². The number of aromatic amines is 2. The number of aromatic nitrogens is 2. The first-order valence-corrected chi connectivity index (χ1v) is 5.66. The maximum Gasteiger partial charge on any atom is 0.303 e. The van der Waals surface area contributed by atoms with Gasteiger partial charge in [0.05, 0.1) is 5.69 Å². The number of rotatable bonds is 4. The second-order valence-corrected chi connectivity index (χ2v) is 4.20. The molecule has 0 fully saturated rings. The zero-order valence-electron chi connectivity index (χ0n) is 9.99. The predicted octanol–water partition coefficient (Wildman–Crippen LogP) is 1.70. The average Bonchev–Trinajstić information content (AvgIpc) is 2.68. The number of H-pyrrole nitrogens is 2. The van der Waals surface area contributed by atoms with Gasteiger partial charge in [0.2, 0.25) is 0 Å². The van der Waals surface area contributed by atoms with Crippen LogP contribution in [0.2, 0.25) is 0 Å². The van der Waals surface area contributed by atoms with Crippen molar-refractivity contribution in [1.29, 1.82) is 0 Å². The number of aliphatic carboxylic acids is 1. The fraction of sp³-hybridized carbons (Fsp3) is 0.231. The monoisotopic (exact) mass is 246 g/mol. The van der Waals surface area contributed by atoms with Gasteiger partial charge in [0, 0.05) is 17.5 Å². The van der Waals surface area contributed by atoms with Crippen LogP contribution in [0.1, 0.15) is 17.5 Å². The van der Waals surface area contributed by atoms with E-state index >= 15 is 0 Å². The summed E-state index contributed by atoms with van der Waals surface area (Å²) in [5, 5.41) is 14.0. The lowest BCUT2D eigenvalue weighted by molar-refractivity contribution is -0.136. The molecule has 1 aromatic carbocycles. The molecule has 0 saturated heterocycles. The first-order valence-electron chi connectivity index (χ1n) is 5.66. The van der Waals surface area contributed by atoms with E-state index in [-0.39, 0.29) is 18.4 Å². The van der Waals surface area contributed by atoms with Crippen molar-refractivity contribution in [3.05, 3.63) is 45.7 Å². The molecule has 0 aliphatic carbocycles. The summed E-state index contributed by atoms with van der Waals surface area (Å²) in [6.45, 7) is 1.96. The molecule has 2 rings (SSSR count). The first kappa shape index (κ1) is 12.2. The van der Waals surface area contributed by atoms with Gasteiger partial charge in [-0.15, -0.1) is 0 Å². The smallest absolute Gasteiger partial charge is 0.303 e. The number of hydrogen-bond donors (Lipinski definition) is 3. The van der Waals surface area contributed by atoms with E-state index in [4.69, 9.17) is 5.11 Å². The molecule has 3 N–H and O–H groups in total. The van der Waals surface area contributed by atoms with Crippen LogP contribution in [-0.4, -0.2) is 21.3 Å². The lowest BCUT2D eigenvalue weighted by Crippen LogP contribution is -2.08. The number of hydrogen-bond acceptors (Lipinski definition) is 2. The minimum atomic E-state index is -0.911. The highest BCUT2D eigenvalue weighted by molar-refractivity contribution is 5.69. The number of carboxylic acids is 1. The molecule has 0 unspecified atom stereocenters. The van der Waals surface area contributed by atoms with E-state index in [0.717, 1.165) is 11.1 Å². The van der Waals surface area contributed by atoms with Gasteiger partial charge in [-0.25, -0.2) is 0 Å². The lowest BCUT2D eigenvalue weighted by Gasteiger charge is -2.02. The highest BCUT2D eigenvalue weighted by Crippen LogP contribution is 2.20. The van der Waals surface area contributed by atoms with Crippen molar-refractivity contribution in [2.24, 2.45) is 0 Å². The Morgan fingerprint density at radius 2 is 2.11 bits per heavy atom. The quantitative estimate of drug-likeness (QED) is 0.767. The average molecular weight is 246 g/mol. The second kappa shape index (κ2) is 4.91. The van der Waals surface area contributed by atoms with Crippen molar-refractivity contribution >= 4 is 5.97 Å². The van der Waals surface area contributed by atoms with Crippen molar-refractivity contribution in [1.82, 2.24) is 10.2 Å². The van der Waals surface area contributed by atoms with Crippen molar-refractivity contribution in [2.45, 2.75) is 19.8 Å². The molecule has 0 spiro atoms. The van der Waals surface area contributed by atoms with Gasteiger partial charge < -0.3 is 5.11 Å². The van der Waals surface area contributed by atoms with Crippen LogP contribution >= 0.6 is 0 Å². The Balaban J connectivity index is 2.39. The molecule has 94 valence electrons. The van der Waals surface area contributed by atoms with E-state index in [9.17, 15) is 9.59 Å². The van der Waals surface area contributed by atoms with Crippen LogP contribution in [0.15, 0.2) is 29.1 Å². The Morgan fingerprint density at radius 3 is 2.78 bits per heavy atom. The molecule has 0 aliphatic heterocycles. The van der Waals surface area contributed by atoms with Gasteiger partial charge in [-0.05, 0) is 19.4 Å². The molecule has 18 heavy (non-hydrogen) atoms.